The van der Waals surface area contributed by atoms with Gasteiger partial charge in [-0.1, -0.05) is 35.8 Å². The first-order valence-electron chi connectivity index (χ1n) is 6.22. The van der Waals surface area contributed by atoms with Crippen LogP contribution in [-0.4, -0.2) is 30.1 Å². The molecule has 0 unspecified atom stereocenters. The van der Waals surface area contributed by atoms with Crippen molar-refractivity contribution in [2.75, 3.05) is 13.1 Å². The van der Waals surface area contributed by atoms with Crippen LogP contribution in [0, 0.1) is 12.8 Å². The predicted molar refractivity (Wildman–Crippen MR) is 75.7 cm³/mol. The Hall–Kier alpha value is -1.04. The van der Waals surface area contributed by atoms with E-state index in [9.17, 15) is 18.0 Å². The number of rotatable bonds is 4. The minimum atomic E-state index is -4.40. The van der Waals surface area contributed by atoms with Gasteiger partial charge in [0.2, 0.25) is 0 Å². The monoisotopic (exact) mass is 351 g/mol. The molecule has 112 valence electrons. The third-order valence-electron chi connectivity index (χ3n) is 2.66. The second-order valence-electron chi connectivity index (χ2n) is 5.16. The smallest absolute Gasteiger partial charge is 0.329 e. The van der Waals surface area contributed by atoms with Gasteiger partial charge in [0.1, 0.15) is 6.54 Å². The van der Waals surface area contributed by atoms with Crippen molar-refractivity contribution in [3.8, 4) is 0 Å². The maximum Gasteiger partial charge on any atom is 0.406 e. The molecule has 0 atom stereocenters. The molecular formula is C14H17BrF3NO. The standard InChI is InChI=1S/C14H17BrF3NO/c1-9(2)7-19(8-14(16,17)18)13(20)11-5-4-10(3)12(15)6-11/h4-6,9H,7-8H2,1-3H3. The van der Waals surface area contributed by atoms with E-state index in [2.05, 4.69) is 15.9 Å². The SMILES string of the molecule is Cc1ccc(C(=O)N(CC(C)C)CC(F)(F)F)cc1Br. The average molecular weight is 352 g/mol. The highest BCUT2D eigenvalue weighted by Crippen LogP contribution is 2.22. The van der Waals surface area contributed by atoms with E-state index in [0.717, 1.165) is 10.5 Å². The highest BCUT2D eigenvalue weighted by Gasteiger charge is 2.33. The normalized spacial score (nSPS) is 11.8. The zero-order chi connectivity index (χ0) is 15.5. The Labute approximate surface area is 125 Å². The maximum absolute atomic E-state index is 12.6. The zero-order valence-corrected chi connectivity index (χ0v) is 13.2. The number of aryl methyl sites for hydroxylation is 1. The van der Waals surface area contributed by atoms with Crippen molar-refractivity contribution in [2.24, 2.45) is 5.92 Å². The number of hydrogen-bond acceptors (Lipinski definition) is 1. The Morgan fingerprint density at radius 2 is 1.95 bits per heavy atom. The molecule has 1 rings (SSSR count). The summed E-state index contributed by atoms with van der Waals surface area (Å²) >= 11 is 3.28. The van der Waals surface area contributed by atoms with Gasteiger partial charge in [0.15, 0.2) is 0 Å². The van der Waals surface area contributed by atoms with Crippen LogP contribution in [0.1, 0.15) is 29.8 Å². The van der Waals surface area contributed by atoms with Crippen molar-refractivity contribution >= 4 is 21.8 Å². The molecule has 0 heterocycles. The number of carbonyl (C=O) groups is 1. The largest absolute Gasteiger partial charge is 0.406 e. The van der Waals surface area contributed by atoms with Crippen LogP contribution in [-0.2, 0) is 0 Å². The fraction of sp³-hybridized carbons (Fsp3) is 0.500. The quantitative estimate of drug-likeness (QED) is 0.786. The van der Waals surface area contributed by atoms with Crippen LogP contribution < -0.4 is 0 Å². The van der Waals surface area contributed by atoms with Crippen LogP contribution in [0.3, 0.4) is 0 Å². The van der Waals surface area contributed by atoms with Crippen molar-refractivity contribution < 1.29 is 18.0 Å². The molecule has 0 aliphatic carbocycles. The number of halogens is 4. The van der Waals surface area contributed by atoms with Crippen LogP contribution in [0.5, 0.6) is 0 Å². The van der Waals surface area contributed by atoms with Crippen molar-refractivity contribution in [3.05, 3.63) is 33.8 Å². The zero-order valence-electron chi connectivity index (χ0n) is 11.6. The van der Waals surface area contributed by atoms with Gasteiger partial charge in [0, 0.05) is 16.6 Å². The molecule has 0 radical (unpaired) electrons. The number of nitrogens with zero attached hydrogens (tertiary/aromatic N) is 1. The van der Waals surface area contributed by atoms with Gasteiger partial charge >= 0.3 is 6.18 Å². The molecule has 1 aromatic rings. The summed E-state index contributed by atoms with van der Waals surface area (Å²) in [4.78, 5) is 13.1. The Morgan fingerprint density at radius 3 is 2.40 bits per heavy atom. The van der Waals surface area contributed by atoms with E-state index in [0.29, 0.717) is 4.47 Å². The predicted octanol–water partition coefficient (Wildman–Crippen LogP) is 4.42. The van der Waals surface area contributed by atoms with Crippen LogP contribution in [0.15, 0.2) is 22.7 Å². The number of alkyl halides is 3. The van der Waals surface area contributed by atoms with Crippen molar-refractivity contribution in [1.82, 2.24) is 4.90 Å². The summed E-state index contributed by atoms with van der Waals surface area (Å²) in [5, 5.41) is 0. The van der Waals surface area contributed by atoms with E-state index in [1.165, 1.54) is 0 Å². The van der Waals surface area contributed by atoms with Crippen molar-refractivity contribution in [1.29, 1.82) is 0 Å². The molecule has 0 saturated heterocycles. The molecule has 0 bridgehead atoms. The molecule has 0 aliphatic heterocycles. The van der Waals surface area contributed by atoms with Gasteiger partial charge in [-0.25, -0.2) is 0 Å². The summed E-state index contributed by atoms with van der Waals surface area (Å²) in [6, 6.07) is 4.81. The third kappa shape index (κ3) is 5.15. The Morgan fingerprint density at radius 1 is 1.35 bits per heavy atom. The summed E-state index contributed by atoms with van der Waals surface area (Å²) in [6.45, 7) is 4.25. The fourth-order valence-electron chi connectivity index (χ4n) is 1.78. The molecule has 0 aliphatic rings. The molecule has 0 N–H and O–H groups in total. The van der Waals surface area contributed by atoms with E-state index < -0.39 is 18.6 Å². The third-order valence-corrected chi connectivity index (χ3v) is 3.52. The molecule has 0 spiro atoms. The van der Waals surface area contributed by atoms with E-state index in [4.69, 9.17) is 0 Å². The van der Waals surface area contributed by atoms with E-state index in [-0.39, 0.29) is 18.0 Å². The van der Waals surface area contributed by atoms with Gasteiger partial charge in [0.25, 0.3) is 5.91 Å². The summed E-state index contributed by atoms with van der Waals surface area (Å²) in [7, 11) is 0. The van der Waals surface area contributed by atoms with Gasteiger partial charge in [-0.3, -0.25) is 4.79 Å². The summed E-state index contributed by atoms with van der Waals surface area (Å²) < 4.78 is 38.4. The minimum Gasteiger partial charge on any atom is -0.329 e. The van der Waals surface area contributed by atoms with E-state index in [1.807, 2.05) is 6.92 Å². The lowest BCUT2D eigenvalue weighted by molar-refractivity contribution is -0.141. The Bertz CT molecular complexity index is 486. The maximum atomic E-state index is 12.6. The minimum absolute atomic E-state index is 0.0322. The highest BCUT2D eigenvalue weighted by atomic mass is 79.9. The number of hydrogen-bond donors (Lipinski definition) is 0. The van der Waals surface area contributed by atoms with Crippen LogP contribution in [0.25, 0.3) is 0 Å². The molecule has 20 heavy (non-hydrogen) atoms. The first-order chi connectivity index (χ1) is 9.10. The molecule has 1 amide bonds. The van der Waals surface area contributed by atoms with E-state index >= 15 is 0 Å². The highest BCUT2D eigenvalue weighted by molar-refractivity contribution is 9.10. The lowest BCUT2D eigenvalue weighted by Crippen LogP contribution is -2.41. The van der Waals surface area contributed by atoms with Gasteiger partial charge in [-0.05, 0) is 30.5 Å². The molecular weight excluding hydrogens is 335 g/mol. The van der Waals surface area contributed by atoms with Crippen LogP contribution in [0.4, 0.5) is 13.2 Å². The van der Waals surface area contributed by atoms with Gasteiger partial charge in [-0.2, -0.15) is 13.2 Å². The molecule has 0 saturated carbocycles. The van der Waals surface area contributed by atoms with Crippen LogP contribution in [0.2, 0.25) is 0 Å². The lowest BCUT2D eigenvalue weighted by Gasteiger charge is -2.26. The molecule has 6 heteroatoms. The van der Waals surface area contributed by atoms with Crippen LogP contribution >= 0.6 is 15.9 Å². The first kappa shape index (κ1) is 17.0. The summed E-state index contributed by atoms with van der Waals surface area (Å²) in [5.74, 6) is -0.632. The fourth-order valence-corrected chi connectivity index (χ4v) is 2.16. The Balaban J connectivity index is 2.99. The first-order valence-corrected chi connectivity index (χ1v) is 7.01. The number of benzene rings is 1. The second kappa shape index (κ2) is 6.61. The van der Waals surface area contributed by atoms with Gasteiger partial charge in [0.05, 0.1) is 0 Å². The number of carbonyl (C=O) groups excluding carboxylic acids is 1. The molecule has 0 aromatic heterocycles. The van der Waals surface area contributed by atoms with Gasteiger partial charge in [-0.15, -0.1) is 0 Å². The number of amides is 1. The van der Waals surface area contributed by atoms with Gasteiger partial charge < -0.3 is 4.90 Å². The molecule has 2 nitrogen and oxygen atoms in total. The molecule has 0 fully saturated rings. The van der Waals surface area contributed by atoms with Crippen molar-refractivity contribution in [3.63, 3.8) is 0 Å². The second-order valence-corrected chi connectivity index (χ2v) is 6.01. The Kier molecular flexibility index (Phi) is 5.62. The summed E-state index contributed by atoms with van der Waals surface area (Å²) in [6.07, 6.45) is -4.40. The topological polar surface area (TPSA) is 20.3 Å². The lowest BCUT2D eigenvalue weighted by atomic mass is 10.1. The average Bonchev–Trinajstić information content (AvgIpc) is 2.28. The molecule has 1 aromatic carbocycles. The van der Waals surface area contributed by atoms with Crippen molar-refractivity contribution in [2.45, 2.75) is 26.9 Å². The van der Waals surface area contributed by atoms with E-state index in [1.54, 1.807) is 32.0 Å². The summed E-state index contributed by atoms with van der Waals surface area (Å²) in [5.41, 5.74) is 1.18.